The molecule has 0 saturated carbocycles. The Hall–Kier alpha value is -3.70. The van der Waals surface area contributed by atoms with E-state index in [9.17, 15) is 8.78 Å². The van der Waals surface area contributed by atoms with E-state index in [1.165, 1.54) is 11.3 Å². The summed E-state index contributed by atoms with van der Waals surface area (Å²) in [5.74, 6) is 0.394. The van der Waals surface area contributed by atoms with Gasteiger partial charge in [0.15, 0.2) is 11.3 Å². The van der Waals surface area contributed by atoms with Crippen LogP contribution in [0.15, 0.2) is 29.9 Å². The maximum Gasteiger partial charge on any atom is 0.257 e. The van der Waals surface area contributed by atoms with Gasteiger partial charge >= 0.3 is 0 Å². The highest BCUT2D eigenvalue weighted by Crippen LogP contribution is 2.25. The quantitative estimate of drug-likeness (QED) is 0.537. The number of fused-ring (bicyclic) bond motifs is 2. The van der Waals surface area contributed by atoms with Crippen molar-refractivity contribution in [2.45, 2.75) is 26.3 Å². The number of aryl methyl sites for hydroxylation is 2. The molecule has 1 unspecified atom stereocenters. The van der Waals surface area contributed by atoms with Crippen molar-refractivity contribution in [1.29, 1.82) is 0 Å². The maximum atomic E-state index is 12.7. The summed E-state index contributed by atoms with van der Waals surface area (Å²) in [5.41, 5.74) is 3.88. The lowest BCUT2D eigenvalue weighted by molar-refractivity contribution is 0.0921. The number of pyridine rings is 1. The minimum Gasteiger partial charge on any atom is -0.323 e. The van der Waals surface area contributed by atoms with Crippen LogP contribution in [-0.2, 0) is 0 Å². The molecule has 5 heterocycles. The van der Waals surface area contributed by atoms with Gasteiger partial charge in [0.25, 0.3) is 6.43 Å². The predicted octanol–water partition coefficient (Wildman–Crippen LogP) is 2.34. The largest absolute Gasteiger partial charge is 0.323 e. The molecule has 0 radical (unpaired) electrons. The zero-order valence-electron chi connectivity index (χ0n) is 16.2. The third-order valence-electron chi connectivity index (χ3n) is 4.96. The van der Waals surface area contributed by atoms with Gasteiger partial charge in [-0.3, -0.25) is 5.01 Å². The monoisotopic (exact) mass is 412 g/mol. The number of nitrogens with one attached hydrogen (secondary N) is 1. The summed E-state index contributed by atoms with van der Waals surface area (Å²) in [6, 6.07) is 1.63. The van der Waals surface area contributed by atoms with Crippen LogP contribution < -0.4 is 5.32 Å². The lowest BCUT2D eigenvalue weighted by atomic mass is 10.2. The number of aromatic nitrogens is 7. The summed E-state index contributed by atoms with van der Waals surface area (Å²) in [6.45, 7) is 3.73. The van der Waals surface area contributed by atoms with Crippen LogP contribution >= 0.6 is 0 Å². The van der Waals surface area contributed by atoms with Crippen molar-refractivity contribution >= 4 is 34.5 Å². The SMILES string of the molecule is Cc1cc2ncnn2cc1Nc1ncc2c(C)nn(C3C=NN(CC(F)F)C3)c2n1. The van der Waals surface area contributed by atoms with Gasteiger partial charge in [-0.05, 0) is 25.5 Å². The Kier molecular flexibility index (Phi) is 4.26. The van der Waals surface area contributed by atoms with Gasteiger partial charge in [-0.15, -0.1) is 0 Å². The van der Waals surface area contributed by atoms with Crippen LogP contribution in [0.3, 0.4) is 0 Å². The second-order valence-corrected chi connectivity index (χ2v) is 7.11. The Morgan fingerprint density at radius 2 is 2.13 bits per heavy atom. The van der Waals surface area contributed by atoms with Gasteiger partial charge in [0.1, 0.15) is 12.4 Å². The van der Waals surface area contributed by atoms with Crippen LogP contribution in [0.1, 0.15) is 17.3 Å². The summed E-state index contributed by atoms with van der Waals surface area (Å²) < 4.78 is 28.7. The van der Waals surface area contributed by atoms with Crippen LogP contribution in [0.5, 0.6) is 0 Å². The molecule has 0 aromatic carbocycles. The van der Waals surface area contributed by atoms with Crippen LogP contribution in [0.4, 0.5) is 20.4 Å². The molecule has 10 nitrogen and oxygen atoms in total. The standard InChI is InChI=1S/C18H18F2N10/c1-10-3-16-22-9-24-29(16)7-14(10)25-18-21-5-13-11(2)27-30(17(13)26-18)12-4-23-28(6-12)8-15(19)20/h3-5,7,9,12,15H,6,8H2,1-2H3,(H,21,25,26). The van der Waals surface area contributed by atoms with Gasteiger partial charge in [0, 0.05) is 6.20 Å². The van der Waals surface area contributed by atoms with Crippen LogP contribution in [0, 0.1) is 13.8 Å². The van der Waals surface area contributed by atoms with Crippen molar-refractivity contribution < 1.29 is 8.78 Å². The van der Waals surface area contributed by atoms with Gasteiger partial charge in [-0.2, -0.15) is 20.3 Å². The lowest BCUT2D eigenvalue weighted by Crippen LogP contribution is -2.26. The van der Waals surface area contributed by atoms with Gasteiger partial charge < -0.3 is 5.32 Å². The molecule has 0 bridgehead atoms. The molecule has 0 spiro atoms. The van der Waals surface area contributed by atoms with Crippen LogP contribution in [0.25, 0.3) is 16.7 Å². The fraction of sp³-hybridized carbons (Fsp3) is 0.333. The Morgan fingerprint density at radius 3 is 2.97 bits per heavy atom. The molecular weight excluding hydrogens is 394 g/mol. The Bertz CT molecular complexity index is 1260. The van der Waals surface area contributed by atoms with E-state index in [4.69, 9.17) is 0 Å². The van der Waals surface area contributed by atoms with E-state index in [0.29, 0.717) is 18.1 Å². The van der Waals surface area contributed by atoms with Gasteiger partial charge in [-0.1, -0.05) is 0 Å². The molecule has 0 amide bonds. The number of hydrogen-bond acceptors (Lipinski definition) is 8. The van der Waals surface area contributed by atoms with Gasteiger partial charge in [-0.25, -0.2) is 27.9 Å². The molecule has 0 aliphatic carbocycles. The number of halogens is 2. The van der Waals surface area contributed by atoms with Crippen molar-refractivity contribution in [3.63, 3.8) is 0 Å². The summed E-state index contributed by atoms with van der Waals surface area (Å²) >= 11 is 0. The molecule has 0 saturated heterocycles. The molecule has 154 valence electrons. The van der Waals surface area contributed by atoms with Crippen molar-refractivity contribution in [1.82, 2.24) is 39.4 Å². The van der Waals surface area contributed by atoms with E-state index >= 15 is 0 Å². The fourth-order valence-corrected chi connectivity index (χ4v) is 3.47. The topological polar surface area (TPSA) is 101 Å². The Morgan fingerprint density at radius 1 is 1.27 bits per heavy atom. The molecule has 4 aromatic rings. The molecule has 30 heavy (non-hydrogen) atoms. The summed E-state index contributed by atoms with van der Waals surface area (Å²) in [6.07, 6.45) is 4.19. The van der Waals surface area contributed by atoms with Gasteiger partial charge in [0.2, 0.25) is 5.95 Å². The summed E-state index contributed by atoms with van der Waals surface area (Å²) in [4.78, 5) is 13.2. The second kappa shape index (κ2) is 6.97. The van der Waals surface area contributed by atoms with Crippen molar-refractivity contribution in [2.75, 3.05) is 18.4 Å². The predicted molar refractivity (Wildman–Crippen MR) is 106 cm³/mol. The highest BCUT2D eigenvalue weighted by Gasteiger charge is 2.25. The number of nitrogens with zero attached hydrogens (tertiary/aromatic N) is 9. The minimum atomic E-state index is -2.44. The first-order valence-electron chi connectivity index (χ1n) is 9.34. The smallest absolute Gasteiger partial charge is 0.257 e. The third-order valence-corrected chi connectivity index (χ3v) is 4.96. The maximum absolute atomic E-state index is 12.7. The van der Waals surface area contributed by atoms with E-state index in [1.54, 1.807) is 21.6 Å². The molecular formula is C18H18F2N10. The van der Waals surface area contributed by atoms with Crippen LogP contribution in [0.2, 0.25) is 0 Å². The first kappa shape index (κ1) is 18.3. The summed E-state index contributed by atoms with van der Waals surface area (Å²) in [5, 5.41) is 18.1. The summed E-state index contributed by atoms with van der Waals surface area (Å²) in [7, 11) is 0. The Labute approximate surface area is 169 Å². The van der Waals surface area contributed by atoms with Crippen molar-refractivity contribution in [3.8, 4) is 0 Å². The van der Waals surface area contributed by atoms with Crippen molar-refractivity contribution in [2.24, 2.45) is 5.10 Å². The highest BCUT2D eigenvalue weighted by atomic mass is 19.3. The van der Waals surface area contributed by atoms with E-state index < -0.39 is 13.0 Å². The third kappa shape index (κ3) is 3.19. The number of alkyl halides is 2. The molecule has 0 fully saturated rings. The lowest BCUT2D eigenvalue weighted by Gasteiger charge is -2.15. The van der Waals surface area contributed by atoms with Crippen LogP contribution in [-0.4, -0.2) is 65.1 Å². The molecule has 1 N–H and O–H groups in total. The molecule has 4 aromatic heterocycles. The Balaban J connectivity index is 1.47. The molecule has 12 heteroatoms. The van der Waals surface area contributed by atoms with E-state index in [2.05, 4.69) is 35.6 Å². The van der Waals surface area contributed by atoms with E-state index in [-0.39, 0.29) is 6.04 Å². The molecule has 1 atom stereocenters. The number of hydrogen-bond donors (Lipinski definition) is 1. The number of anilines is 2. The van der Waals surface area contributed by atoms with Crippen molar-refractivity contribution in [3.05, 3.63) is 36.0 Å². The highest BCUT2D eigenvalue weighted by molar-refractivity contribution is 5.80. The average Bonchev–Trinajstić information content (AvgIpc) is 3.41. The molecule has 1 aliphatic heterocycles. The van der Waals surface area contributed by atoms with E-state index in [0.717, 1.165) is 28.0 Å². The zero-order valence-corrected chi connectivity index (χ0v) is 16.2. The number of hydrazone groups is 1. The van der Waals surface area contributed by atoms with E-state index in [1.807, 2.05) is 26.1 Å². The average molecular weight is 412 g/mol. The first-order valence-corrected chi connectivity index (χ1v) is 9.34. The molecule has 5 rings (SSSR count). The number of rotatable bonds is 5. The molecule has 1 aliphatic rings. The normalized spacial score (nSPS) is 16.4. The van der Waals surface area contributed by atoms with Gasteiger partial charge in [0.05, 0.1) is 42.3 Å². The minimum absolute atomic E-state index is 0.282. The second-order valence-electron chi connectivity index (χ2n) is 7.11. The fourth-order valence-electron chi connectivity index (χ4n) is 3.47. The first-order chi connectivity index (χ1) is 14.5. The zero-order chi connectivity index (χ0) is 20.8.